The van der Waals surface area contributed by atoms with Crippen molar-refractivity contribution in [2.24, 2.45) is 0 Å². The lowest BCUT2D eigenvalue weighted by Crippen LogP contribution is -2.15. The zero-order valence-corrected chi connectivity index (χ0v) is 16.6. The minimum atomic E-state index is -0.371. The fourth-order valence-electron chi connectivity index (χ4n) is 2.68. The summed E-state index contributed by atoms with van der Waals surface area (Å²) < 4.78 is 15.9. The van der Waals surface area contributed by atoms with E-state index in [2.05, 4.69) is 22.1 Å². The second-order valence-corrected chi connectivity index (χ2v) is 7.26. The van der Waals surface area contributed by atoms with Crippen LogP contribution in [0.2, 0.25) is 0 Å². The van der Waals surface area contributed by atoms with Gasteiger partial charge >= 0.3 is 0 Å². The lowest BCUT2D eigenvalue weighted by atomic mass is 10.1. The number of carbonyl (C=O) groups is 1. The number of carbonyl (C=O) groups excluding carboxylic acids is 1. The third kappa shape index (κ3) is 4.48. The lowest BCUT2D eigenvalue weighted by Gasteiger charge is -2.09. The fourth-order valence-corrected chi connectivity index (χ4v) is 3.43. The Bertz CT molecular complexity index is 1020. The summed E-state index contributed by atoms with van der Waals surface area (Å²) in [6.07, 6.45) is 1.69. The number of anilines is 1. The van der Waals surface area contributed by atoms with Gasteiger partial charge in [-0.05, 0) is 49.2 Å². The molecule has 0 aliphatic rings. The molecule has 0 saturated heterocycles. The van der Waals surface area contributed by atoms with Crippen molar-refractivity contribution in [2.75, 3.05) is 11.1 Å². The van der Waals surface area contributed by atoms with Crippen LogP contribution in [0.4, 0.5) is 10.1 Å². The van der Waals surface area contributed by atoms with Gasteiger partial charge in [0.25, 0.3) is 0 Å². The summed E-state index contributed by atoms with van der Waals surface area (Å²) in [7, 11) is 0. The second-order valence-electron chi connectivity index (χ2n) is 6.32. The summed E-state index contributed by atoms with van der Waals surface area (Å²) in [5, 5.41) is 11.7. The first kappa shape index (κ1) is 19.8. The number of benzene rings is 2. The van der Waals surface area contributed by atoms with Gasteiger partial charge in [-0.25, -0.2) is 4.39 Å². The number of hydrogen-bond acceptors (Lipinski definition) is 4. The summed E-state index contributed by atoms with van der Waals surface area (Å²) in [6.45, 7) is 8.18. The van der Waals surface area contributed by atoms with Crippen molar-refractivity contribution in [3.63, 3.8) is 0 Å². The quantitative estimate of drug-likeness (QED) is 0.468. The molecule has 1 heterocycles. The van der Waals surface area contributed by atoms with Crippen molar-refractivity contribution in [1.29, 1.82) is 0 Å². The van der Waals surface area contributed by atoms with Gasteiger partial charge in [0.05, 0.1) is 11.3 Å². The maximum absolute atomic E-state index is 14.1. The van der Waals surface area contributed by atoms with Gasteiger partial charge in [-0.3, -0.25) is 9.36 Å². The smallest absolute Gasteiger partial charge is 0.234 e. The number of hydrogen-bond donors (Lipinski definition) is 1. The van der Waals surface area contributed by atoms with Crippen molar-refractivity contribution < 1.29 is 9.18 Å². The van der Waals surface area contributed by atoms with E-state index in [1.165, 1.54) is 23.4 Å². The van der Waals surface area contributed by atoms with Crippen LogP contribution in [-0.2, 0) is 11.3 Å². The molecule has 0 spiro atoms. The fraction of sp³-hybridized carbons (Fsp3) is 0.190. The predicted octanol–water partition coefficient (Wildman–Crippen LogP) is 4.62. The van der Waals surface area contributed by atoms with Crippen LogP contribution < -0.4 is 5.32 Å². The van der Waals surface area contributed by atoms with Gasteiger partial charge in [0.1, 0.15) is 5.82 Å². The number of nitrogens with zero attached hydrogens (tertiary/aromatic N) is 3. The molecule has 0 aliphatic carbocycles. The number of aryl methyl sites for hydroxylation is 2. The Labute approximate surface area is 167 Å². The lowest BCUT2D eigenvalue weighted by molar-refractivity contribution is -0.113. The van der Waals surface area contributed by atoms with E-state index in [1.807, 2.05) is 32.0 Å². The van der Waals surface area contributed by atoms with Crippen LogP contribution >= 0.6 is 11.8 Å². The van der Waals surface area contributed by atoms with Crippen molar-refractivity contribution in [1.82, 2.24) is 14.8 Å². The van der Waals surface area contributed by atoms with E-state index in [0.29, 0.717) is 23.1 Å². The Hall–Kier alpha value is -2.93. The van der Waals surface area contributed by atoms with Gasteiger partial charge < -0.3 is 5.32 Å². The van der Waals surface area contributed by atoms with Crippen LogP contribution in [-0.4, -0.2) is 26.4 Å². The average Bonchev–Trinajstić information content (AvgIpc) is 3.06. The van der Waals surface area contributed by atoms with Crippen LogP contribution in [0, 0.1) is 19.7 Å². The van der Waals surface area contributed by atoms with E-state index >= 15 is 0 Å². The van der Waals surface area contributed by atoms with Gasteiger partial charge in [-0.15, -0.1) is 16.8 Å². The van der Waals surface area contributed by atoms with Gasteiger partial charge in [-0.1, -0.05) is 36.0 Å². The Morgan fingerprint density at radius 3 is 2.71 bits per heavy atom. The molecule has 0 aliphatic heterocycles. The highest BCUT2D eigenvalue weighted by molar-refractivity contribution is 7.99. The molecule has 0 atom stereocenters. The highest BCUT2D eigenvalue weighted by Gasteiger charge is 2.17. The zero-order valence-electron chi connectivity index (χ0n) is 15.8. The van der Waals surface area contributed by atoms with Gasteiger partial charge in [0.2, 0.25) is 5.91 Å². The Balaban J connectivity index is 1.73. The van der Waals surface area contributed by atoms with Crippen molar-refractivity contribution >= 4 is 23.4 Å². The third-order valence-corrected chi connectivity index (χ3v) is 5.23. The second kappa shape index (κ2) is 8.84. The summed E-state index contributed by atoms with van der Waals surface area (Å²) in [5.41, 5.74) is 3.41. The molecule has 28 heavy (non-hydrogen) atoms. The molecule has 7 heteroatoms. The Kier molecular flexibility index (Phi) is 6.26. The maximum Gasteiger partial charge on any atom is 0.234 e. The number of allylic oxidation sites excluding steroid dienone is 1. The summed E-state index contributed by atoms with van der Waals surface area (Å²) >= 11 is 1.25. The van der Waals surface area contributed by atoms with E-state index in [-0.39, 0.29) is 17.5 Å². The van der Waals surface area contributed by atoms with Gasteiger partial charge in [0, 0.05) is 12.2 Å². The standard InChI is InChI=1S/C21H21FN4OS/c1-4-11-26-20(17-7-5-6-8-18(17)22)24-25-21(26)28-13-19(27)23-16-10-9-14(2)15(3)12-16/h4-10,12H,1,11,13H2,2-3H3,(H,23,27). The molecule has 0 saturated carbocycles. The molecular weight excluding hydrogens is 375 g/mol. The highest BCUT2D eigenvalue weighted by Crippen LogP contribution is 2.26. The third-order valence-electron chi connectivity index (χ3n) is 4.27. The molecule has 3 rings (SSSR count). The molecule has 0 unspecified atom stereocenters. The number of amides is 1. The SMILES string of the molecule is C=CCn1c(SCC(=O)Nc2ccc(C)c(C)c2)nnc1-c1ccccc1F. The number of rotatable bonds is 7. The summed E-state index contributed by atoms with van der Waals surface area (Å²) in [5.74, 6) is 0.0626. The molecular formula is C21H21FN4OS. The van der Waals surface area contributed by atoms with E-state index in [0.717, 1.165) is 11.3 Å². The molecule has 1 N–H and O–H groups in total. The average molecular weight is 396 g/mol. The normalized spacial score (nSPS) is 10.7. The van der Waals surface area contributed by atoms with Crippen LogP contribution in [0.25, 0.3) is 11.4 Å². The molecule has 144 valence electrons. The van der Waals surface area contributed by atoms with Crippen LogP contribution in [0.1, 0.15) is 11.1 Å². The van der Waals surface area contributed by atoms with Crippen LogP contribution in [0.3, 0.4) is 0 Å². The van der Waals surface area contributed by atoms with Crippen molar-refractivity contribution in [3.8, 4) is 11.4 Å². The van der Waals surface area contributed by atoms with Crippen LogP contribution in [0.5, 0.6) is 0 Å². The molecule has 0 radical (unpaired) electrons. The summed E-state index contributed by atoms with van der Waals surface area (Å²) in [4.78, 5) is 12.3. The topological polar surface area (TPSA) is 59.8 Å². The van der Waals surface area contributed by atoms with E-state index in [9.17, 15) is 9.18 Å². The van der Waals surface area contributed by atoms with E-state index < -0.39 is 0 Å². The maximum atomic E-state index is 14.1. The van der Waals surface area contributed by atoms with Gasteiger partial charge in [-0.2, -0.15) is 0 Å². The number of halogens is 1. The minimum absolute atomic E-state index is 0.145. The molecule has 0 bridgehead atoms. The first-order valence-electron chi connectivity index (χ1n) is 8.78. The first-order valence-corrected chi connectivity index (χ1v) is 9.77. The molecule has 1 amide bonds. The minimum Gasteiger partial charge on any atom is -0.325 e. The van der Waals surface area contributed by atoms with Gasteiger partial charge in [0.15, 0.2) is 11.0 Å². The van der Waals surface area contributed by atoms with E-state index in [1.54, 1.807) is 28.8 Å². The summed E-state index contributed by atoms with van der Waals surface area (Å²) in [6, 6.07) is 12.2. The monoisotopic (exact) mass is 396 g/mol. The largest absolute Gasteiger partial charge is 0.325 e. The first-order chi connectivity index (χ1) is 13.5. The zero-order chi connectivity index (χ0) is 20.1. The van der Waals surface area contributed by atoms with Crippen molar-refractivity contribution in [2.45, 2.75) is 25.5 Å². The molecule has 5 nitrogen and oxygen atoms in total. The molecule has 1 aromatic heterocycles. The molecule has 0 fully saturated rings. The molecule has 2 aromatic carbocycles. The number of nitrogens with one attached hydrogen (secondary N) is 1. The number of aromatic nitrogens is 3. The Morgan fingerprint density at radius 1 is 1.21 bits per heavy atom. The highest BCUT2D eigenvalue weighted by atomic mass is 32.2. The predicted molar refractivity (Wildman–Crippen MR) is 111 cm³/mol. The van der Waals surface area contributed by atoms with Crippen LogP contribution in [0.15, 0.2) is 60.3 Å². The van der Waals surface area contributed by atoms with E-state index in [4.69, 9.17) is 0 Å². The Morgan fingerprint density at radius 2 is 2.00 bits per heavy atom. The molecule has 3 aromatic rings. The van der Waals surface area contributed by atoms with Crippen molar-refractivity contribution in [3.05, 3.63) is 72.1 Å². The number of thioether (sulfide) groups is 1.